The molecule has 0 aliphatic rings. The van der Waals surface area contributed by atoms with Crippen LogP contribution < -0.4 is 0 Å². The lowest BCUT2D eigenvalue weighted by Crippen LogP contribution is -1.94. The van der Waals surface area contributed by atoms with Gasteiger partial charge in [-0.2, -0.15) is 0 Å². The molecule has 0 amide bonds. The third-order valence-corrected chi connectivity index (χ3v) is 2.84. The highest BCUT2D eigenvalue weighted by molar-refractivity contribution is 5.88. The summed E-state index contributed by atoms with van der Waals surface area (Å²) in [6, 6.07) is 7.86. The normalized spacial score (nSPS) is 10.9. The second-order valence-electron chi connectivity index (χ2n) is 4.05. The lowest BCUT2D eigenvalue weighted by atomic mass is 10.1. The van der Waals surface area contributed by atoms with Gasteiger partial charge in [0.2, 0.25) is 0 Å². The van der Waals surface area contributed by atoms with Crippen molar-refractivity contribution in [1.82, 2.24) is 9.97 Å². The number of rotatable bonds is 2. The Morgan fingerprint density at radius 3 is 2.94 bits per heavy atom. The number of H-pyrrole nitrogens is 1. The van der Waals surface area contributed by atoms with Crippen LogP contribution in [-0.2, 0) is 0 Å². The lowest BCUT2D eigenvalue weighted by molar-refractivity contribution is 0.0654. The largest absolute Gasteiger partial charge is 0.474 e. The van der Waals surface area contributed by atoms with E-state index >= 15 is 0 Å². The van der Waals surface area contributed by atoms with Crippen molar-refractivity contribution in [3.8, 4) is 11.5 Å². The van der Waals surface area contributed by atoms with E-state index in [-0.39, 0.29) is 5.89 Å². The van der Waals surface area contributed by atoms with E-state index in [4.69, 9.17) is 9.52 Å². The zero-order chi connectivity index (χ0) is 12.7. The highest BCUT2D eigenvalue weighted by atomic mass is 16.4. The van der Waals surface area contributed by atoms with Crippen LogP contribution in [0, 0.1) is 6.92 Å². The summed E-state index contributed by atoms with van der Waals surface area (Å²) in [4.78, 5) is 17.6. The summed E-state index contributed by atoms with van der Waals surface area (Å²) < 4.78 is 5.16. The van der Waals surface area contributed by atoms with Gasteiger partial charge in [0.25, 0.3) is 0 Å². The number of aromatic carboxylic acids is 1. The van der Waals surface area contributed by atoms with Crippen LogP contribution in [0.5, 0.6) is 0 Å². The molecule has 0 spiro atoms. The number of nitrogens with one attached hydrogen (secondary N) is 1. The molecule has 1 aromatic carbocycles. The molecule has 0 bridgehead atoms. The first kappa shape index (κ1) is 10.6. The molecule has 90 valence electrons. The summed E-state index contributed by atoms with van der Waals surface area (Å²) in [5.74, 6) is -1.06. The molecular formula is C13H10N2O3. The Kier molecular flexibility index (Phi) is 2.19. The van der Waals surface area contributed by atoms with Crippen molar-refractivity contribution in [2.24, 2.45) is 0 Å². The first-order valence-corrected chi connectivity index (χ1v) is 5.43. The van der Waals surface area contributed by atoms with Crippen LogP contribution in [0.2, 0.25) is 0 Å². The lowest BCUT2D eigenvalue weighted by Gasteiger charge is -1.92. The van der Waals surface area contributed by atoms with E-state index in [0.29, 0.717) is 5.76 Å². The van der Waals surface area contributed by atoms with Gasteiger partial charge in [0, 0.05) is 10.9 Å². The Morgan fingerprint density at radius 2 is 2.28 bits per heavy atom. The van der Waals surface area contributed by atoms with Crippen molar-refractivity contribution in [3.63, 3.8) is 0 Å². The van der Waals surface area contributed by atoms with Crippen molar-refractivity contribution >= 4 is 16.9 Å². The number of oxazole rings is 1. The molecule has 0 saturated carbocycles. The van der Waals surface area contributed by atoms with Crippen molar-refractivity contribution in [2.45, 2.75) is 6.92 Å². The average Bonchev–Trinajstić information content (AvgIpc) is 2.95. The summed E-state index contributed by atoms with van der Waals surface area (Å²) in [6.45, 7) is 2.02. The maximum atomic E-state index is 10.7. The maximum absolute atomic E-state index is 10.7. The van der Waals surface area contributed by atoms with Gasteiger partial charge in [-0.05, 0) is 24.6 Å². The molecule has 18 heavy (non-hydrogen) atoms. The summed E-state index contributed by atoms with van der Waals surface area (Å²) >= 11 is 0. The third-order valence-electron chi connectivity index (χ3n) is 2.84. The summed E-state index contributed by atoms with van der Waals surface area (Å²) in [6.07, 6.45) is 1.41. The number of carboxylic acids is 1. The van der Waals surface area contributed by atoms with Gasteiger partial charge < -0.3 is 14.5 Å². The van der Waals surface area contributed by atoms with E-state index in [1.165, 1.54) is 6.20 Å². The zero-order valence-electron chi connectivity index (χ0n) is 9.60. The van der Waals surface area contributed by atoms with E-state index in [2.05, 4.69) is 9.97 Å². The predicted octanol–water partition coefficient (Wildman–Crippen LogP) is 2.83. The Morgan fingerprint density at radius 1 is 1.44 bits per heavy atom. The molecule has 2 N–H and O–H groups in total. The topological polar surface area (TPSA) is 79.1 Å². The molecule has 0 unspecified atom stereocenters. The molecule has 5 nitrogen and oxygen atoms in total. The van der Waals surface area contributed by atoms with Crippen LogP contribution in [0.4, 0.5) is 0 Å². The van der Waals surface area contributed by atoms with Gasteiger partial charge in [-0.1, -0.05) is 12.1 Å². The molecule has 0 radical (unpaired) electrons. The number of aromatic amines is 1. The monoisotopic (exact) mass is 242 g/mol. The van der Waals surface area contributed by atoms with Crippen LogP contribution in [-0.4, -0.2) is 21.0 Å². The average molecular weight is 242 g/mol. The molecule has 0 fully saturated rings. The molecule has 0 saturated heterocycles. The Labute approximate surface area is 102 Å². The fraction of sp³-hybridized carbons (Fsp3) is 0.0769. The van der Waals surface area contributed by atoms with Gasteiger partial charge in [-0.15, -0.1) is 0 Å². The van der Waals surface area contributed by atoms with Gasteiger partial charge in [-0.25, -0.2) is 9.78 Å². The highest BCUT2D eigenvalue weighted by Gasteiger charge is 2.14. The van der Waals surface area contributed by atoms with Gasteiger partial charge in [-0.3, -0.25) is 0 Å². The summed E-state index contributed by atoms with van der Waals surface area (Å²) in [5, 5.41) is 9.85. The van der Waals surface area contributed by atoms with Crippen LogP contribution in [0.25, 0.3) is 22.4 Å². The molecule has 0 aliphatic carbocycles. The number of carboxylic acid groups (broad SMARTS) is 1. The van der Waals surface area contributed by atoms with Crippen molar-refractivity contribution in [3.05, 3.63) is 41.9 Å². The third kappa shape index (κ3) is 1.57. The van der Waals surface area contributed by atoms with E-state index in [1.54, 1.807) is 0 Å². The Hall–Kier alpha value is -2.56. The number of hydrogen-bond acceptors (Lipinski definition) is 3. The zero-order valence-corrected chi connectivity index (χ0v) is 9.60. The molecule has 0 aliphatic heterocycles. The molecule has 0 atom stereocenters. The van der Waals surface area contributed by atoms with E-state index < -0.39 is 5.97 Å². The molecule has 3 rings (SSSR count). The maximum Gasteiger partial charge on any atom is 0.392 e. The molecule has 2 aromatic heterocycles. The van der Waals surface area contributed by atoms with Crippen LogP contribution in [0.1, 0.15) is 16.2 Å². The van der Waals surface area contributed by atoms with E-state index in [9.17, 15) is 4.79 Å². The summed E-state index contributed by atoms with van der Waals surface area (Å²) in [5.41, 5.74) is 2.85. The van der Waals surface area contributed by atoms with Crippen LogP contribution in [0.3, 0.4) is 0 Å². The first-order chi connectivity index (χ1) is 8.65. The number of aryl methyl sites for hydroxylation is 1. The van der Waals surface area contributed by atoms with Gasteiger partial charge >= 0.3 is 11.9 Å². The summed E-state index contributed by atoms with van der Waals surface area (Å²) in [7, 11) is 0. The fourth-order valence-corrected chi connectivity index (χ4v) is 1.94. The number of fused-ring (bicyclic) bond motifs is 1. The quantitative estimate of drug-likeness (QED) is 0.724. The second kappa shape index (κ2) is 3.73. The standard InChI is InChI=1S/C13H10N2O3/c1-7-3-2-4-9-8(7)5-10(15-9)11-6-14-12(18-11)13(16)17/h2-6,15H,1H3,(H,16,17). The predicted molar refractivity (Wildman–Crippen MR) is 65.5 cm³/mol. The van der Waals surface area contributed by atoms with E-state index in [0.717, 1.165) is 22.2 Å². The number of nitrogens with zero attached hydrogens (tertiary/aromatic N) is 1. The fourth-order valence-electron chi connectivity index (χ4n) is 1.94. The van der Waals surface area contributed by atoms with Crippen molar-refractivity contribution in [2.75, 3.05) is 0 Å². The second-order valence-corrected chi connectivity index (χ2v) is 4.05. The van der Waals surface area contributed by atoms with Gasteiger partial charge in [0.1, 0.15) is 0 Å². The van der Waals surface area contributed by atoms with Crippen molar-refractivity contribution in [1.29, 1.82) is 0 Å². The molecular weight excluding hydrogens is 232 g/mol. The number of benzene rings is 1. The SMILES string of the molecule is Cc1cccc2[nH]c(-c3cnc(C(=O)O)o3)cc12. The van der Waals surface area contributed by atoms with Gasteiger partial charge in [0.15, 0.2) is 5.76 Å². The van der Waals surface area contributed by atoms with Crippen molar-refractivity contribution < 1.29 is 14.3 Å². The number of hydrogen-bond donors (Lipinski definition) is 2. The highest BCUT2D eigenvalue weighted by Crippen LogP contribution is 2.26. The van der Waals surface area contributed by atoms with Crippen LogP contribution >= 0.6 is 0 Å². The van der Waals surface area contributed by atoms with E-state index in [1.807, 2.05) is 31.2 Å². The van der Waals surface area contributed by atoms with Crippen LogP contribution in [0.15, 0.2) is 34.9 Å². The number of aromatic nitrogens is 2. The first-order valence-electron chi connectivity index (χ1n) is 5.43. The smallest absolute Gasteiger partial charge is 0.392 e. The number of carbonyl (C=O) groups is 1. The Bertz CT molecular complexity index is 740. The molecule has 3 aromatic rings. The molecule has 5 heteroatoms. The van der Waals surface area contributed by atoms with Gasteiger partial charge in [0.05, 0.1) is 11.9 Å². The minimum atomic E-state index is -1.17. The minimum Gasteiger partial charge on any atom is -0.474 e. The Balaban J connectivity index is 2.13. The molecule has 2 heterocycles. The minimum absolute atomic E-state index is 0.305.